The Balaban J connectivity index is 1.97. The van der Waals surface area contributed by atoms with E-state index in [-0.39, 0.29) is 0 Å². The third-order valence-corrected chi connectivity index (χ3v) is 4.55. The van der Waals surface area contributed by atoms with Gasteiger partial charge in [-0.3, -0.25) is 4.90 Å². The first-order valence-electron chi connectivity index (χ1n) is 9.01. The number of benzene rings is 1. The Morgan fingerprint density at radius 1 is 1.17 bits per heavy atom. The number of hydrogen-bond donors (Lipinski definition) is 1. The van der Waals surface area contributed by atoms with Gasteiger partial charge in [0.2, 0.25) is 0 Å². The van der Waals surface area contributed by atoms with Gasteiger partial charge in [-0.2, -0.15) is 0 Å². The van der Waals surface area contributed by atoms with Crippen LogP contribution < -0.4 is 15.2 Å². The third-order valence-electron chi connectivity index (χ3n) is 4.55. The predicted molar refractivity (Wildman–Crippen MR) is 95.1 cm³/mol. The molecule has 1 saturated heterocycles. The molecule has 2 N–H and O–H groups in total. The van der Waals surface area contributed by atoms with Gasteiger partial charge in [0.05, 0.1) is 13.7 Å². The molecule has 4 heteroatoms. The molecular weight excluding hydrogens is 288 g/mol. The fraction of sp³-hybridized carbons (Fsp3) is 0.684. The molecule has 0 saturated carbocycles. The van der Waals surface area contributed by atoms with Crippen LogP contribution in [0.25, 0.3) is 0 Å². The fourth-order valence-electron chi connectivity index (χ4n) is 3.07. The lowest BCUT2D eigenvalue weighted by molar-refractivity contribution is 0.200. The minimum atomic E-state index is 0.367. The molecule has 0 aromatic heterocycles. The number of nitrogens with two attached hydrogens (primary N) is 1. The molecule has 4 nitrogen and oxygen atoms in total. The number of piperidine rings is 1. The molecule has 1 aromatic rings. The van der Waals surface area contributed by atoms with Crippen molar-refractivity contribution >= 4 is 0 Å². The Bertz CT molecular complexity index is 457. The van der Waals surface area contributed by atoms with E-state index in [9.17, 15) is 0 Å². The Morgan fingerprint density at radius 2 is 1.96 bits per heavy atom. The maximum Gasteiger partial charge on any atom is 0.165 e. The lowest BCUT2D eigenvalue weighted by Crippen LogP contribution is -2.39. The minimum absolute atomic E-state index is 0.367. The lowest BCUT2D eigenvalue weighted by Gasteiger charge is -2.30. The summed E-state index contributed by atoms with van der Waals surface area (Å²) < 4.78 is 11.6. The molecule has 0 amide bonds. The van der Waals surface area contributed by atoms with Crippen molar-refractivity contribution in [1.82, 2.24) is 4.90 Å². The molecule has 2 rings (SSSR count). The van der Waals surface area contributed by atoms with E-state index in [1.165, 1.54) is 24.8 Å². The van der Waals surface area contributed by atoms with Crippen molar-refractivity contribution in [1.29, 1.82) is 0 Å². The standard InChI is InChI=1S/C19H32N2O2/c1-3-4-5-6-14-23-19-16(8-7-9-18(19)22-2)15-21-12-10-17(20)11-13-21/h7-9,17H,3-6,10-15,20H2,1-2H3. The topological polar surface area (TPSA) is 47.7 Å². The normalized spacial score (nSPS) is 16.5. The molecule has 0 unspecified atom stereocenters. The minimum Gasteiger partial charge on any atom is -0.493 e. The summed E-state index contributed by atoms with van der Waals surface area (Å²) in [6.07, 6.45) is 7.01. The number of nitrogens with zero attached hydrogens (tertiary/aromatic N) is 1. The van der Waals surface area contributed by atoms with Crippen LogP contribution in [0, 0.1) is 0 Å². The Labute approximate surface area is 140 Å². The maximum atomic E-state index is 6.09. The zero-order valence-electron chi connectivity index (χ0n) is 14.7. The van der Waals surface area contributed by atoms with Gasteiger partial charge in [0, 0.05) is 18.2 Å². The molecule has 23 heavy (non-hydrogen) atoms. The first-order chi connectivity index (χ1) is 11.2. The average molecular weight is 320 g/mol. The highest BCUT2D eigenvalue weighted by molar-refractivity contribution is 5.46. The van der Waals surface area contributed by atoms with Gasteiger partial charge in [0.15, 0.2) is 11.5 Å². The van der Waals surface area contributed by atoms with Gasteiger partial charge in [0.25, 0.3) is 0 Å². The van der Waals surface area contributed by atoms with Gasteiger partial charge >= 0.3 is 0 Å². The summed E-state index contributed by atoms with van der Waals surface area (Å²) in [7, 11) is 1.71. The van der Waals surface area contributed by atoms with E-state index in [0.29, 0.717) is 6.04 Å². The third kappa shape index (κ3) is 5.70. The van der Waals surface area contributed by atoms with Crippen LogP contribution in [0.3, 0.4) is 0 Å². The smallest absolute Gasteiger partial charge is 0.165 e. The van der Waals surface area contributed by atoms with E-state index in [1.807, 2.05) is 12.1 Å². The summed E-state index contributed by atoms with van der Waals surface area (Å²) in [5.74, 6) is 1.76. The zero-order chi connectivity index (χ0) is 16.5. The van der Waals surface area contributed by atoms with E-state index in [2.05, 4.69) is 17.9 Å². The largest absolute Gasteiger partial charge is 0.493 e. The first kappa shape index (κ1) is 18.1. The molecule has 0 bridgehead atoms. The second-order valence-corrected chi connectivity index (χ2v) is 6.47. The molecule has 0 atom stereocenters. The van der Waals surface area contributed by atoms with Gasteiger partial charge in [-0.15, -0.1) is 0 Å². The Hall–Kier alpha value is -1.26. The van der Waals surface area contributed by atoms with Crippen molar-refractivity contribution in [2.45, 2.75) is 58.0 Å². The second kappa shape index (κ2) is 9.78. The van der Waals surface area contributed by atoms with Crippen LogP contribution in [0.15, 0.2) is 18.2 Å². The molecule has 1 heterocycles. The van der Waals surface area contributed by atoms with Crippen LogP contribution in [0.1, 0.15) is 51.0 Å². The molecule has 1 fully saturated rings. The van der Waals surface area contributed by atoms with Gasteiger partial charge < -0.3 is 15.2 Å². The summed E-state index contributed by atoms with van der Waals surface area (Å²) >= 11 is 0. The summed E-state index contributed by atoms with van der Waals surface area (Å²) in [5, 5.41) is 0. The van der Waals surface area contributed by atoms with E-state index >= 15 is 0 Å². The second-order valence-electron chi connectivity index (χ2n) is 6.47. The zero-order valence-corrected chi connectivity index (χ0v) is 14.7. The number of methoxy groups -OCH3 is 1. The van der Waals surface area contributed by atoms with Gasteiger partial charge in [-0.25, -0.2) is 0 Å². The van der Waals surface area contributed by atoms with Crippen molar-refractivity contribution in [3.8, 4) is 11.5 Å². The van der Waals surface area contributed by atoms with Crippen molar-refractivity contribution in [3.05, 3.63) is 23.8 Å². The SMILES string of the molecule is CCCCCCOc1c(CN2CCC(N)CC2)cccc1OC. The molecule has 1 aliphatic rings. The van der Waals surface area contributed by atoms with Crippen LogP contribution in [0.5, 0.6) is 11.5 Å². The molecular formula is C19H32N2O2. The Kier molecular flexibility index (Phi) is 7.69. The number of para-hydroxylation sites is 1. The molecule has 1 aliphatic heterocycles. The Morgan fingerprint density at radius 3 is 2.65 bits per heavy atom. The van der Waals surface area contributed by atoms with Crippen LogP contribution in [-0.4, -0.2) is 37.7 Å². The number of hydrogen-bond acceptors (Lipinski definition) is 4. The van der Waals surface area contributed by atoms with E-state index in [1.54, 1.807) is 7.11 Å². The quantitative estimate of drug-likeness (QED) is 0.707. The van der Waals surface area contributed by atoms with E-state index in [0.717, 1.165) is 57.0 Å². The van der Waals surface area contributed by atoms with Crippen molar-refractivity contribution in [2.24, 2.45) is 5.73 Å². The van der Waals surface area contributed by atoms with E-state index in [4.69, 9.17) is 15.2 Å². The fourth-order valence-corrected chi connectivity index (χ4v) is 3.07. The highest BCUT2D eigenvalue weighted by atomic mass is 16.5. The van der Waals surface area contributed by atoms with Gasteiger partial charge in [-0.05, 0) is 38.4 Å². The summed E-state index contributed by atoms with van der Waals surface area (Å²) in [6.45, 7) is 6.03. The van der Waals surface area contributed by atoms with Gasteiger partial charge in [-0.1, -0.05) is 38.3 Å². The highest BCUT2D eigenvalue weighted by Crippen LogP contribution is 2.32. The van der Waals surface area contributed by atoms with Crippen molar-refractivity contribution in [3.63, 3.8) is 0 Å². The number of ether oxygens (including phenoxy) is 2. The summed E-state index contributed by atoms with van der Waals surface area (Å²) in [5.41, 5.74) is 7.22. The number of rotatable bonds is 9. The van der Waals surface area contributed by atoms with Crippen molar-refractivity contribution < 1.29 is 9.47 Å². The molecule has 130 valence electrons. The van der Waals surface area contributed by atoms with Crippen LogP contribution in [-0.2, 0) is 6.54 Å². The molecule has 0 radical (unpaired) electrons. The van der Waals surface area contributed by atoms with Crippen LogP contribution >= 0.6 is 0 Å². The summed E-state index contributed by atoms with van der Waals surface area (Å²) in [6, 6.07) is 6.55. The monoisotopic (exact) mass is 320 g/mol. The van der Waals surface area contributed by atoms with Crippen LogP contribution in [0.4, 0.5) is 0 Å². The number of unbranched alkanes of at least 4 members (excludes halogenated alkanes) is 3. The highest BCUT2D eigenvalue weighted by Gasteiger charge is 2.19. The molecule has 0 spiro atoms. The first-order valence-corrected chi connectivity index (χ1v) is 9.01. The summed E-state index contributed by atoms with van der Waals surface area (Å²) in [4.78, 5) is 2.46. The molecule has 1 aromatic carbocycles. The van der Waals surface area contributed by atoms with E-state index < -0.39 is 0 Å². The predicted octanol–water partition coefficient (Wildman–Crippen LogP) is 3.58. The van der Waals surface area contributed by atoms with Gasteiger partial charge in [0.1, 0.15) is 0 Å². The van der Waals surface area contributed by atoms with Crippen LogP contribution in [0.2, 0.25) is 0 Å². The molecule has 0 aliphatic carbocycles. The van der Waals surface area contributed by atoms with Crippen molar-refractivity contribution in [2.75, 3.05) is 26.8 Å². The lowest BCUT2D eigenvalue weighted by atomic mass is 10.0. The average Bonchev–Trinajstić information content (AvgIpc) is 2.57. The maximum absolute atomic E-state index is 6.09. The number of likely N-dealkylation sites (tertiary alicyclic amines) is 1.